The minimum Gasteiger partial charge on any atom is -0.468 e. The van der Waals surface area contributed by atoms with E-state index >= 15 is 0 Å². The predicted octanol–water partition coefficient (Wildman–Crippen LogP) is 2.18. The number of carbonyl (C=O) groups is 1. The van der Waals surface area contributed by atoms with Crippen LogP contribution in [-0.4, -0.2) is 49.2 Å². The van der Waals surface area contributed by atoms with Crippen molar-refractivity contribution in [2.45, 2.75) is 64.0 Å². The van der Waals surface area contributed by atoms with Gasteiger partial charge in [-0.3, -0.25) is 10.1 Å². The van der Waals surface area contributed by atoms with Crippen LogP contribution >= 0.6 is 0 Å². The number of methoxy groups -OCH3 is 1. The Labute approximate surface area is 123 Å². The highest BCUT2D eigenvalue weighted by Crippen LogP contribution is 2.28. The van der Waals surface area contributed by atoms with Gasteiger partial charge in [0.15, 0.2) is 0 Å². The van der Waals surface area contributed by atoms with E-state index in [-0.39, 0.29) is 5.97 Å². The normalized spacial score (nSPS) is 22.4. The minimum atomic E-state index is -0.525. The summed E-state index contributed by atoms with van der Waals surface area (Å²) in [5.41, 5.74) is -0.525. The van der Waals surface area contributed by atoms with Gasteiger partial charge in [0, 0.05) is 19.1 Å². The second kappa shape index (κ2) is 6.90. The minimum absolute atomic E-state index is 0.121. The second-order valence-corrected chi connectivity index (χ2v) is 6.68. The molecule has 1 atom stereocenters. The first-order valence-electron chi connectivity index (χ1n) is 8.16. The molecule has 2 aliphatic carbocycles. The molecule has 0 amide bonds. The van der Waals surface area contributed by atoms with E-state index in [0.29, 0.717) is 6.04 Å². The lowest BCUT2D eigenvalue weighted by molar-refractivity contribution is -0.148. The van der Waals surface area contributed by atoms with Crippen LogP contribution in [0.15, 0.2) is 0 Å². The second-order valence-electron chi connectivity index (χ2n) is 6.68. The van der Waals surface area contributed by atoms with Crippen molar-refractivity contribution in [2.75, 3.05) is 26.7 Å². The van der Waals surface area contributed by atoms with Crippen LogP contribution in [0.2, 0.25) is 0 Å². The zero-order valence-electron chi connectivity index (χ0n) is 13.3. The molecular formula is C16H30N2O2. The third-order valence-electron chi connectivity index (χ3n) is 4.85. The Kier molecular flexibility index (Phi) is 5.44. The maximum atomic E-state index is 12.1. The van der Waals surface area contributed by atoms with E-state index in [1.165, 1.54) is 45.8 Å². The van der Waals surface area contributed by atoms with Crippen molar-refractivity contribution < 1.29 is 9.53 Å². The summed E-state index contributed by atoms with van der Waals surface area (Å²) < 4.78 is 5.00. The molecule has 1 unspecified atom stereocenters. The number of esters is 1. The average Bonchev–Trinajstić information content (AvgIpc) is 3.19. The molecule has 20 heavy (non-hydrogen) atoms. The number of hydrogen-bond donors (Lipinski definition) is 1. The largest absolute Gasteiger partial charge is 0.468 e. The fourth-order valence-electron chi connectivity index (χ4n) is 2.94. The van der Waals surface area contributed by atoms with Crippen LogP contribution in [0.25, 0.3) is 0 Å². The number of hydrogen-bond acceptors (Lipinski definition) is 4. The maximum absolute atomic E-state index is 12.1. The van der Waals surface area contributed by atoms with Crippen LogP contribution in [0.3, 0.4) is 0 Å². The van der Waals surface area contributed by atoms with Crippen molar-refractivity contribution >= 4 is 5.97 Å². The lowest BCUT2D eigenvalue weighted by Crippen LogP contribution is -2.53. The SMILES string of the molecule is CCN(CCC(C)(NC1CC1)C(=O)OC)CC1CCC1. The van der Waals surface area contributed by atoms with E-state index in [2.05, 4.69) is 17.1 Å². The zero-order valence-corrected chi connectivity index (χ0v) is 13.3. The van der Waals surface area contributed by atoms with Crippen molar-refractivity contribution in [1.82, 2.24) is 10.2 Å². The topological polar surface area (TPSA) is 41.6 Å². The van der Waals surface area contributed by atoms with Gasteiger partial charge in [0.2, 0.25) is 0 Å². The van der Waals surface area contributed by atoms with E-state index < -0.39 is 5.54 Å². The molecule has 2 saturated carbocycles. The zero-order chi connectivity index (χ0) is 14.6. The smallest absolute Gasteiger partial charge is 0.325 e. The van der Waals surface area contributed by atoms with Gasteiger partial charge in [0.05, 0.1) is 7.11 Å². The predicted molar refractivity (Wildman–Crippen MR) is 80.7 cm³/mol. The van der Waals surface area contributed by atoms with E-state index in [1.54, 1.807) is 0 Å². The summed E-state index contributed by atoms with van der Waals surface area (Å²) in [6, 6.07) is 0.515. The number of rotatable bonds is 9. The standard InChI is InChI=1S/C16H30N2O2/c1-4-18(12-13-6-5-7-13)11-10-16(2,15(19)20-3)17-14-8-9-14/h13-14,17H,4-12H2,1-3H3. The van der Waals surface area contributed by atoms with Crippen LogP contribution in [0.5, 0.6) is 0 Å². The number of nitrogens with zero attached hydrogens (tertiary/aromatic N) is 1. The van der Waals surface area contributed by atoms with Crippen LogP contribution in [0.4, 0.5) is 0 Å². The van der Waals surface area contributed by atoms with Crippen molar-refractivity contribution in [3.05, 3.63) is 0 Å². The third kappa shape index (κ3) is 4.19. The molecule has 116 valence electrons. The summed E-state index contributed by atoms with van der Waals surface area (Å²) >= 11 is 0. The van der Waals surface area contributed by atoms with Gasteiger partial charge in [-0.1, -0.05) is 13.3 Å². The van der Waals surface area contributed by atoms with Gasteiger partial charge in [-0.05, 0) is 51.5 Å². The van der Waals surface area contributed by atoms with Gasteiger partial charge in [-0.2, -0.15) is 0 Å². The molecule has 2 rings (SSSR count). The molecule has 1 N–H and O–H groups in total. The Balaban J connectivity index is 1.83. The molecule has 0 aromatic carbocycles. The Hall–Kier alpha value is -0.610. The van der Waals surface area contributed by atoms with Gasteiger partial charge < -0.3 is 9.64 Å². The Morgan fingerprint density at radius 2 is 2.05 bits per heavy atom. The molecule has 0 aliphatic heterocycles. The van der Waals surface area contributed by atoms with Gasteiger partial charge in [0.25, 0.3) is 0 Å². The summed E-state index contributed by atoms with van der Waals surface area (Å²) in [4.78, 5) is 14.6. The lowest BCUT2D eigenvalue weighted by atomic mass is 9.85. The van der Waals surface area contributed by atoms with E-state index in [9.17, 15) is 4.79 Å². The Morgan fingerprint density at radius 1 is 1.35 bits per heavy atom. The summed E-state index contributed by atoms with van der Waals surface area (Å²) in [5.74, 6) is 0.764. The molecule has 2 aliphatic rings. The number of ether oxygens (including phenoxy) is 1. The molecule has 4 nitrogen and oxygen atoms in total. The van der Waals surface area contributed by atoms with Gasteiger partial charge in [-0.15, -0.1) is 0 Å². The first-order valence-corrected chi connectivity index (χ1v) is 8.16. The van der Waals surface area contributed by atoms with Gasteiger partial charge >= 0.3 is 5.97 Å². The fraction of sp³-hybridized carbons (Fsp3) is 0.938. The van der Waals surface area contributed by atoms with E-state index in [0.717, 1.165) is 25.4 Å². The summed E-state index contributed by atoms with van der Waals surface area (Å²) in [7, 11) is 1.49. The molecule has 4 heteroatoms. The summed E-state index contributed by atoms with van der Waals surface area (Å²) in [6.07, 6.45) is 7.36. The van der Waals surface area contributed by atoms with E-state index in [4.69, 9.17) is 4.74 Å². The lowest BCUT2D eigenvalue weighted by Gasteiger charge is -2.34. The number of carbonyl (C=O) groups excluding carboxylic acids is 1. The van der Waals surface area contributed by atoms with Gasteiger partial charge in [-0.25, -0.2) is 0 Å². The van der Waals surface area contributed by atoms with Crippen LogP contribution in [0.1, 0.15) is 52.4 Å². The highest BCUT2D eigenvalue weighted by Gasteiger charge is 2.39. The van der Waals surface area contributed by atoms with Crippen LogP contribution < -0.4 is 5.32 Å². The molecule has 0 aromatic rings. The third-order valence-corrected chi connectivity index (χ3v) is 4.85. The first kappa shape index (κ1) is 15.8. The molecule has 0 radical (unpaired) electrons. The fourth-order valence-corrected chi connectivity index (χ4v) is 2.94. The highest BCUT2D eigenvalue weighted by atomic mass is 16.5. The van der Waals surface area contributed by atoms with Crippen LogP contribution in [0, 0.1) is 5.92 Å². The average molecular weight is 282 g/mol. The Bertz CT molecular complexity index is 326. The molecular weight excluding hydrogens is 252 g/mol. The summed E-state index contributed by atoms with van der Waals surface area (Å²) in [6.45, 7) is 7.43. The first-order chi connectivity index (χ1) is 9.57. The van der Waals surface area contributed by atoms with Crippen molar-refractivity contribution in [2.24, 2.45) is 5.92 Å². The van der Waals surface area contributed by atoms with Crippen molar-refractivity contribution in [3.63, 3.8) is 0 Å². The van der Waals surface area contributed by atoms with Crippen molar-refractivity contribution in [3.8, 4) is 0 Å². The monoisotopic (exact) mass is 282 g/mol. The van der Waals surface area contributed by atoms with Crippen LogP contribution in [-0.2, 0) is 9.53 Å². The maximum Gasteiger partial charge on any atom is 0.325 e. The molecule has 2 fully saturated rings. The van der Waals surface area contributed by atoms with E-state index in [1.807, 2.05) is 6.92 Å². The van der Waals surface area contributed by atoms with Crippen molar-refractivity contribution in [1.29, 1.82) is 0 Å². The molecule has 0 saturated heterocycles. The molecule has 0 heterocycles. The molecule has 0 spiro atoms. The van der Waals surface area contributed by atoms with Gasteiger partial charge in [0.1, 0.15) is 5.54 Å². The highest BCUT2D eigenvalue weighted by molar-refractivity contribution is 5.80. The summed E-state index contributed by atoms with van der Waals surface area (Å²) in [5, 5.41) is 3.48. The molecule has 0 bridgehead atoms. The number of nitrogens with one attached hydrogen (secondary N) is 1. The Morgan fingerprint density at radius 3 is 2.50 bits per heavy atom. The quantitative estimate of drug-likeness (QED) is 0.658. The molecule has 0 aromatic heterocycles.